The smallest absolute Gasteiger partial charge is 0.255 e. The standard InChI is InChI=1S/C18H16F3NO3/c1-24-13-6-3-10(9-14(13)25-2)18(7-8-18)22-17(23)11-4-5-12(19)16(21)15(11)20/h3-6,9H,7-8H2,1-2H3,(H,22,23). The molecule has 7 heteroatoms. The van der Waals surface area contributed by atoms with Gasteiger partial charge >= 0.3 is 0 Å². The minimum atomic E-state index is -1.66. The van der Waals surface area contributed by atoms with Crippen LogP contribution in [-0.2, 0) is 5.54 Å². The lowest BCUT2D eigenvalue weighted by atomic mass is 10.0. The van der Waals surface area contributed by atoms with E-state index in [0.717, 1.165) is 17.7 Å². The maximum Gasteiger partial charge on any atom is 0.255 e. The Labute approximate surface area is 142 Å². The fourth-order valence-electron chi connectivity index (χ4n) is 2.73. The molecule has 1 aliphatic rings. The number of carbonyl (C=O) groups is 1. The number of carbonyl (C=O) groups excluding carboxylic acids is 1. The highest BCUT2D eigenvalue weighted by molar-refractivity contribution is 5.95. The van der Waals surface area contributed by atoms with E-state index in [4.69, 9.17) is 9.47 Å². The van der Waals surface area contributed by atoms with Gasteiger partial charge in [0.05, 0.1) is 25.3 Å². The summed E-state index contributed by atoms with van der Waals surface area (Å²) < 4.78 is 50.6. The van der Waals surface area contributed by atoms with Crippen LogP contribution in [0.5, 0.6) is 11.5 Å². The van der Waals surface area contributed by atoms with Crippen molar-refractivity contribution in [3.8, 4) is 11.5 Å². The van der Waals surface area contributed by atoms with Crippen molar-refractivity contribution < 1.29 is 27.4 Å². The summed E-state index contributed by atoms with van der Waals surface area (Å²) in [5, 5.41) is 2.71. The van der Waals surface area contributed by atoms with Crippen LogP contribution in [0.3, 0.4) is 0 Å². The number of ether oxygens (including phenoxy) is 2. The lowest BCUT2D eigenvalue weighted by Gasteiger charge is -2.20. The Morgan fingerprint density at radius 1 is 1.00 bits per heavy atom. The Bertz CT molecular complexity index is 835. The Morgan fingerprint density at radius 2 is 1.68 bits per heavy atom. The summed E-state index contributed by atoms with van der Waals surface area (Å²) in [6.45, 7) is 0. The predicted molar refractivity (Wildman–Crippen MR) is 84.2 cm³/mol. The van der Waals surface area contributed by atoms with E-state index >= 15 is 0 Å². The fraction of sp³-hybridized carbons (Fsp3) is 0.278. The maximum absolute atomic E-state index is 13.8. The Kier molecular flexibility index (Phi) is 4.32. The third kappa shape index (κ3) is 3.01. The number of rotatable bonds is 5. The van der Waals surface area contributed by atoms with E-state index in [1.165, 1.54) is 14.2 Å². The molecule has 1 N–H and O–H groups in total. The van der Waals surface area contributed by atoms with Crippen molar-refractivity contribution in [3.05, 3.63) is 58.9 Å². The minimum absolute atomic E-state index is 0.500. The van der Waals surface area contributed by atoms with E-state index in [2.05, 4.69) is 5.32 Å². The number of halogens is 3. The molecule has 1 aliphatic carbocycles. The van der Waals surface area contributed by atoms with E-state index < -0.39 is 34.5 Å². The second-order valence-corrected chi connectivity index (χ2v) is 5.83. The van der Waals surface area contributed by atoms with Gasteiger partial charge in [-0.2, -0.15) is 0 Å². The van der Waals surface area contributed by atoms with Crippen LogP contribution in [0.1, 0.15) is 28.8 Å². The molecule has 0 atom stereocenters. The van der Waals surface area contributed by atoms with Crippen LogP contribution in [0.4, 0.5) is 13.2 Å². The summed E-state index contributed by atoms with van der Waals surface area (Å²) in [5.41, 5.74) is -0.458. The van der Waals surface area contributed by atoms with E-state index in [-0.39, 0.29) is 0 Å². The SMILES string of the molecule is COc1ccc(C2(NC(=O)c3ccc(F)c(F)c3F)CC2)cc1OC. The third-order valence-electron chi connectivity index (χ3n) is 4.32. The van der Waals surface area contributed by atoms with Crippen molar-refractivity contribution in [2.24, 2.45) is 0 Å². The van der Waals surface area contributed by atoms with Crippen LogP contribution in [0, 0.1) is 17.5 Å². The largest absolute Gasteiger partial charge is 0.493 e. The zero-order valence-electron chi connectivity index (χ0n) is 13.7. The first-order valence-corrected chi connectivity index (χ1v) is 7.60. The monoisotopic (exact) mass is 351 g/mol. The number of methoxy groups -OCH3 is 2. The van der Waals surface area contributed by atoms with Crippen LogP contribution < -0.4 is 14.8 Å². The highest BCUT2D eigenvalue weighted by Gasteiger charge is 2.46. The summed E-state index contributed by atoms with van der Waals surface area (Å²) >= 11 is 0. The molecule has 0 unspecified atom stereocenters. The van der Waals surface area contributed by atoms with E-state index in [9.17, 15) is 18.0 Å². The van der Waals surface area contributed by atoms with Crippen LogP contribution >= 0.6 is 0 Å². The molecule has 25 heavy (non-hydrogen) atoms. The fourth-order valence-corrected chi connectivity index (χ4v) is 2.73. The summed E-state index contributed by atoms with van der Waals surface area (Å²) in [5.74, 6) is -4.26. The van der Waals surface area contributed by atoms with Crippen molar-refractivity contribution in [1.29, 1.82) is 0 Å². The number of benzene rings is 2. The maximum atomic E-state index is 13.8. The van der Waals surface area contributed by atoms with Crippen molar-refractivity contribution >= 4 is 5.91 Å². The van der Waals surface area contributed by atoms with Gasteiger partial charge in [-0.1, -0.05) is 6.07 Å². The predicted octanol–water partition coefficient (Wildman–Crippen LogP) is 3.54. The van der Waals surface area contributed by atoms with Gasteiger partial charge < -0.3 is 14.8 Å². The lowest BCUT2D eigenvalue weighted by molar-refractivity contribution is 0.0925. The Morgan fingerprint density at radius 3 is 2.28 bits per heavy atom. The van der Waals surface area contributed by atoms with Gasteiger partial charge in [0.25, 0.3) is 5.91 Å². The molecule has 0 aliphatic heterocycles. The van der Waals surface area contributed by atoms with E-state index in [0.29, 0.717) is 24.3 Å². The van der Waals surface area contributed by atoms with Crippen molar-refractivity contribution in [2.45, 2.75) is 18.4 Å². The first kappa shape index (κ1) is 17.1. The minimum Gasteiger partial charge on any atom is -0.493 e. The van der Waals surface area contributed by atoms with Gasteiger partial charge in [0, 0.05) is 0 Å². The van der Waals surface area contributed by atoms with Gasteiger partial charge in [0.2, 0.25) is 0 Å². The molecule has 1 saturated carbocycles. The molecule has 132 valence electrons. The molecule has 0 bridgehead atoms. The number of hydrogen-bond acceptors (Lipinski definition) is 3. The molecule has 1 fully saturated rings. The number of amides is 1. The van der Waals surface area contributed by atoms with Gasteiger partial charge in [-0.05, 0) is 42.7 Å². The Hall–Kier alpha value is -2.70. The van der Waals surface area contributed by atoms with E-state index in [1.54, 1.807) is 18.2 Å². The highest BCUT2D eigenvalue weighted by atomic mass is 19.2. The first-order valence-electron chi connectivity index (χ1n) is 7.60. The molecule has 2 aromatic rings. The molecule has 0 spiro atoms. The molecule has 0 radical (unpaired) electrons. The normalized spacial score (nSPS) is 14.8. The second kappa shape index (κ2) is 6.31. The topological polar surface area (TPSA) is 47.6 Å². The molecule has 0 heterocycles. The van der Waals surface area contributed by atoms with Gasteiger partial charge in [-0.3, -0.25) is 4.79 Å². The molecule has 4 nitrogen and oxygen atoms in total. The quantitative estimate of drug-likeness (QED) is 0.839. The molecule has 2 aromatic carbocycles. The van der Waals surface area contributed by atoms with Crippen LogP contribution in [0.2, 0.25) is 0 Å². The molecular formula is C18H16F3NO3. The molecule has 0 aromatic heterocycles. The summed E-state index contributed by atoms with van der Waals surface area (Å²) in [6, 6.07) is 6.86. The Balaban J connectivity index is 1.88. The van der Waals surface area contributed by atoms with Crippen LogP contribution in [0.25, 0.3) is 0 Å². The van der Waals surface area contributed by atoms with Gasteiger partial charge in [0.15, 0.2) is 29.0 Å². The number of nitrogens with one attached hydrogen (secondary N) is 1. The van der Waals surface area contributed by atoms with Gasteiger partial charge in [0.1, 0.15) is 0 Å². The molecule has 1 amide bonds. The average molecular weight is 351 g/mol. The van der Waals surface area contributed by atoms with Crippen LogP contribution in [-0.4, -0.2) is 20.1 Å². The zero-order chi connectivity index (χ0) is 18.2. The summed E-state index contributed by atoms with van der Waals surface area (Å²) in [7, 11) is 3.01. The van der Waals surface area contributed by atoms with Crippen molar-refractivity contribution in [1.82, 2.24) is 5.32 Å². The highest BCUT2D eigenvalue weighted by Crippen LogP contribution is 2.47. The van der Waals surface area contributed by atoms with Gasteiger partial charge in [-0.25, -0.2) is 13.2 Å². The summed E-state index contributed by atoms with van der Waals surface area (Å²) in [4.78, 5) is 12.3. The first-order chi connectivity index (χ1) is 11.9. The lowest BCUT2D eigenvalue weighted by Crippen LogP contribution is -2.35. The molecule has 0 saturated heterocycles. The van der Waals surface area contributed by atoms with Crippen molar-refractivity contribution in [3.63, 3.8) is 0 Å². The zero-order valence-corrected chi connectivity index (χ0v) is 13.7. The van der Waals surface area contributed by atoms with E-state index in [1.807, 2.05) is 0 Å². The average Bonchev–Trinajstić information content (AvgIpc) is 3.39. The summed E-state index contributed by atoms with van der Waals surface area (Å²) in [6.07, 6.45) is 1.28. The molecular weight excluding hydrogens is 335 g/mol. The molecule has 3 rings (SSSR count). The van der Waals surface area contributed by atoms with Crippen molar-refractivity contribution in [2.75, 3.05) is 14.2 Å². The van der Waals surface area contributed by atoms with Gasteiger partial charge in [-0.15, -0.1) is 0 Å². The number of hydrogen-bond donors (Lipinski definition) is 1. The third-order valence-corrected chi connectivity index (χ3v) is 4.32. The second-order valence-electron chi connectivity index (χ2n) is 5.83. The van der Waals surface area contributed by atoms with Crippen LogP contribution in [0.15, 0.2) is 30.3 Å².